The van der Waals surface area contributed by atoms with Crippen molar-refractivity contribution >= 4 is 29.1 Å². The summed E-state index contributed by atoms with van der Waals surface area (Å²) in [7, 11) is 0. The second kappa shape index (κ2) is 5.02. The molecule has 0 aromatic carbocycles. The molecule has 1 rings (SSSR count). The zero-order valence-electron chi connectivity index (χ0n) is 9.47. The van der Waals surface area contributed by atoms with E-state index in [1.807, 2.05) is 20.8 Å². The minimum atomic E-state index is -0.268. The van der Waals surface area contributed by atoms with Crippen LogP contribution in [0.3, 0.4) is 0 Å². The molecule has 0 fully saturated rings. The van der Waals surface area contributed by atoms with E-state index >= 15 is 0 Å². The fourth-order valence-electron chi connectivity index (χ4n) is 1.05. The molecular weight excluding hydrogens is 247 g/mol. The summed E-state index contributed by atoms with van der Waals surface area (Å²) in [5.74, 6) is -0.235. The van der Waals surface area contributed by atoms with Crippen molar-refractivity contribution in [2.24, 2.45) is 0 Å². The highest BCUT2D eigenvalue weighted by atomic mass is 35.5. The second-order valence-electron chi connectivity index (χ2n) is 4.18. The first-order valence-corrected chi connectivity index (χ1v) is 5.75. The topological polar surface area (TPSA) is 42.0 Å². The number of amides is 1. The van der Waals surface area contributed by atoms with Crippen LogP contribution in [0.25, 0.3) is 0 Å². The Morgan fingerprint density at radius 2 is 2.12 bits per heavy atom. The number of carbonyl (C=O) groups is 1. The van der Waals surface area contributed by atoms with Gasteiger partial charge in [-0.1, -0.05) is 30.1 Å². The molecule has 0 radical (unpaired) electrons. The quantitative estimate of drug-likeness (QED) is 0.848. The van der Waals surface area contributed by atoms with Gasteiger partial charge in [0.25, 0.3) is 5.91 Å². The van der Waals surface area contributed by atoms with Gasteiger partial charge in [0.2, 0.25) is 0 Å². The SMILES string of the molecule is CCC(C)(C)NC(=O)c1cc(Cl)ncc1Cl. The number of pyridine rings is 1. The van der Waals surface area contributed by atoms with Gasteiger partial charge in [-0.05, 0) is 26.3 Å². The molecule has 0 unspecified atom stereocenters. The van der Waals surface area contributed by atoms with E-state index in [4.69, 9.17) is 23.2 Å². The molecule has 0 bridgehead atoms. The minimum absolute atomic E-state index is 0.235. The summed E-state index contributed by atoms with van der Waals surface area (Å²) in [5.41, 5.74) is 0.0825. The van der Waals surface area contributed by atoms with Crippen LogP contribution in [0.2, 0.25) is 10.2 Å². The lowest BCUT2D eigenvalue weighted by Gasteiger charge is -2.24. The molecule has 0 saturated carbocycles. The summed E-state index contributed by atoms with van der Waals surface area (Å²) >= 11 is 11.6. The average molecular weight is 261 g/mol. The van der Waals surface area contributed by atoms with E-state index in [0.717, 1.165) is 6.42 Å². The van der Waals surface area contributed by atoms with E-state index in [-0.39, 0.29) is 16.6 Å². The molecule has 16 heavy (non-hydrogen) atoms. The fourth-order valence-corrected chi connectivity index (χ4v) is 1.40. The third-order valence-electron chi connectivity index (χ3n) is 2.40. The van der Waals surface area contributed by atoms with Crippen LogP contribution < -0.4 is 5.32 Å². The third kappa shape index (κ3) is 3.35. The van der Waals surface area contributed by atoms with Gasteiger partial charge in [0, 0.05) is 11.7 Å². The van der Waals surface area contributed by atoms with Crippen molar-refractivity contribution < 1.29 is 4.79 Å². The van der Waals surface area contributed by atoms with Crippen LogP contribution in [0.15, 0.2) is 12.3 Å². The lowest BCUT2D eigenvalue weighted by Crippen LogP contribution is -2.42. The maximum atomic E-state index is 11.9. The Balaban J connectivity index is 2.93. The molecule has 1 N–H and O–H groups in total. The molecule has 0 aliphatic carbocycles. The van der Waals surface area contributed by atoms with E-state index in [1.54, 1.807) is 0 Å². The summed E-state index contributed by atoms with van der Waals surface area (Å²) < 4.78 is 0. The van der Waals surface area contributed by atoms with Crippen molar-refractivity contribution in [2.75, 3.05) is 0 Å². The Kier molecular flexibility index (Phi) is 4.16. The standard InChI is InChI=1S/C11H14Cl2N2O/c1-4-11(2,3)15-10(16)7-5-9(13)14-6-8(7)12/h5-6H,4H2,1-3H3,(H,15,16). The molecule has 5 heteroatoms. The van der Waals surface area contributed by atoms with Gasteiger partial charge in [0.15, 0.2) is 0 Å². The minimum Gasteiger partial charge on any atom is -0.347 e. The fraction of sp³-hybridized carbons (Fsp3) is 0.455. The predicted molar refractivity (Wildman–Crippen MR) is 66.1 cm³/mol. The van der Waals surface area contributed by atoms with Crippen molar-refractivity contribution in [2.45, 2.75) is 32.7 Å². The molecule has 1 amide bonds. The van der Waals surface area contributed by atoms with E-state index in [2.05, 4.69) is 10.3 Å². The molecule has 1 heterocycles. The van der Waals surface area contributed by atoms with Crippen LogP contribution in [-0.2, 0) is 0 Å². The van der Waals surface area contributed by atoms with Gasteiger partial charge in [-0.25, -0.2) is 4.98 Å². The first-order valence-electron chi connectivity index (χ1n) is 4.99. The van der Waals surface area contributed by atoms with Crippen LogP contribution in [0.5, 0.6) is 0 Å². The molecule has 0 atom stereocenters. The Morgan fingerprint density at radius 3 is 2.69 bits per heavy atom. The largest absolute Gasteiger partial charge is 0.347 e. The van der Waals surface area contributed by atoms with E-state index in [1.165, 1.54) is 12.3 Å². The van der Waals surface area contributed by atoms with Gasteiger partial charge in [-0.3, -0.25) is 4.79 Å². The summed E-state index contributed by atoms with van der Waals surface area (Å²) in [6.07, 6.45) is 2.20. The molecule has 3 nitrogen and oxygen atoms in total. The van der Waals surface area contributed by atoms with Crippen molar-refractivity contribution in [3.8, 4) is 0 Å². The zero-order chi connectivity index (χ0) is 12.3. The number of rotatable bonds is 3. The molecule has 0 aliphatic rings. The predicted octanol–water partition coefficient (Wildman–Crippen LogP) is 3.31. The zero-order valence-corrected chi connectivity index (χ0v) is 11.0. The van der Waals surface area contributed by atoms with Crippen LogP contribution in [0.1, 0.15) is 37.6 Å². The average Bonchev–Trinajstić information content (AvgIpc) is 2.21. The van der Waals surface area contributed by atoms with Gasteiger partial charge < -0.3 is 5.32 Å². The molecule has 0 aliphatic heterocycles. The Morgan fingerprint density at radius 1 is 1.50 bits per heavy atom. The number of nitrogens with one attached hydrogen (secondary N) is 1. The molecule has 0 saturated heterocycles. The first kappa shape index (κ1) is 13.3. The molecule has 0 spiro atoms. The monoisotopic (exact) mass is 260 g/mol. The van der Waals surface area contributed by atoms with Gasteiger partial charge in [0.05, 0.1) is 10.6 Å². The normalized spacial score (nSPS) is 11.3. The third-order valence-corrected chi connectivity index (χ3v) is 2.91. The van der Waals surface area contributed by atoms with Crippen LogP contribution in [0.4, 0.5) is 0 Å². The summed E-state index contributed by atoms with van der Waals surface area (Å²) in [4.78, 5) is 15.7. The Labute approximate surface area is 105 Å². The maximum Gasteiger partial charge on any atom is 0.253 e. The van der Waals surface area contributed by atoms with Crippen molar-refractivity contribution in [1.29, 1.82) is 0 Å². The summed E-state index contributed by atoms with van der Waals surface area (Å²) in [6.45, 7) is 5.89. The summed E-state index contributed by atoms with van der Waals surface area (Å²) in [6, 6.07) is 1.46. The van der Waals surface area contributed by atoms with E-state index < -0.39 is 0 Å². The van der Waals surface area contributed by atoms with Gasteiger partial charge in [-0.15, -0.1) is 0 Å². The van der Waals surface area contributed by atoms with E-state index in [0.29, 0.717) is 10.6 Å². The second-order valence-corrected chi connectivity index (χ2v) is 4.97. The smallest absolute Gasteiger partial charge is 0.253 e. The van der Waals surface area contributed by atoms with Gasteiger partial charge >= 0.3 is 0 Å². The summed E-state index contributed by atoms with van der Waals surface area (Å²) in [5, 5.41) is 3.43. The highest BCUT2D eigenvalue weighted by Crippen LogP contribution is 2.19. The molecule has 1 aromatic heterocycles. The van der Waals surface area contributed by atoms with E-state index in [9.17, 15) is 4.79 Å². The highest BCUT2D eigenvalue weighted by Gasteiger charge is 2.20. The van der Waals surface area contributed by atoms with Crippen LogP contribution >= 0.6 is 23.2 Å². The highest BCUT2D eigenvalue weighted by molar-refractivity contribution is 6.35. The number of halogens is 2. The maximum absolute atomic E-state index is 11.9. The molecule has 88 valence electrons. The van der Waals surface area contributed by atoms with Crippen molar-refractivity contribution in [3.05, 3.63) is 28.0 Å². The van der Waals surface area contributed by atoms with Crippen molar-refractivity contribution in [1.82, 2.24) is 10.3 Å². The first-order chi connectivity index (χ1) is 7.35. The number of aromatic nitrogens is 1. The molecular formula is C11H14Cl2N2O. The van der Waals surface area contributed by atoms with Gasteiger partial charge in [0.1, 0.15) is 5.15 Å². The number of carbonyl (C=O) groups excluding carboxylic acids is 1. The van der Waals surface area contributed by atoms with Crippen molar-refractivity contribution in [3.63, 3.8) is 0 Å². The Hall–Kier alpha value is -0.800. The lowest BCUT2D eigenvalue weighted by atomic mass is 10.0. The number of nitrogens with zero attached hydrogens (tertiary/aromatic N) is 1. The molecule has 1 aromatic rings. The van der Waals surface area contributed by atoms with Crippen LogP contribution in [-0.4, -0.2) is 16.4 Å². The van der Waals surface area contributed by atoms with Crippen LogP contribution in [0, 0.1) is 0 Å². The number of hydrogen-bond acceptors (Lipinski definition) is 2. The number of hydrogen-bond donors (Lipinski definition) is 1. The Bertz CT molecular complexity index is 405. The van der Waals surface area contributed by atoms with Gasteiger partial charge in [-0.2, -0.15) is 0 Å². The lowest BCUT2D eigenvalue weighted by molar-refractivity contribution is 0.0911.